The first-order valence-corrected chi connectivity index (χ1v) is 10.6. The zero-order valence-electron chi connectivity index (χ0n) is 16.3. The lowest BCUT2D eigenvalue weighted by atomic mass is 10.1. The SMILES string of the molecule is CN(C(=O)OC(C)(C)C)C1CCN(S(=O)(=O)Cc2ccccc2C#N)CC1. The number of nitrogens with zero attached hydrogens (tertiary/aromatic N) is 3. The fourth-order valence-corrected chi connectivity index (χ4v) is 4.63. The van der Waals surface area contributed by atoms with Crippen LogP contribution in [-0.4, -0.2) is 55.5 Å². The molecule has 0 spiro atoms. The van der Waals surface area contributed by atoms with E-state index in [0.29, 0.717) is 37.1 Å². The second-order valence-electron chi connectivity index (χ2n) is 7.75. The van der Waals surface area contributed by atoms with Gasteiger partial charge in [0.2, 0.25) is 10.0 Å². The molecule has 1 heterocycles. The molecular formula is C19H27N3O4S. The van der Waals surface area contributed by atoms with Gasteiger partial charge in [-0.2, -0.15) is 5.26 Å². The molecule has 0 unspecified atom stereocenters. The van der Waals surface area contributed by atoms with Crippen LogP contribution >= 0.6 is 0 Å². The highest BCUT2D eigenvalue weighted by Gasteiger charge is 2.32. The topological polar surface area (TPSA) is 90.7 Å². The molecule has 1 aromatic rings. The molecule has 0 atom stereocenters. The third-order valence-corrected chi connectivity index (χ3v) is 6.35. The van der Waals surface area contributed by atoms with Gasteiger partial charge >= 0.3 is 6.09 Å². The van der Waals surface area contributed by atoms with E-state index in [4.69, 9.17) is 10.00 Å². The van der Waals surface area contributed by atoms with Crippen LogP contribution in [0.2, 0.25) is 0 Å². The maximum absolute atomic E-state index is 12.7. The van der Waals surface area contributed by atoms with Crippen LogP contribution < -0.4 is 0 Å². The highest BCUT2D eigenvalue weighted by atomic mass is 32.2. The number of benzene rings is 1. The third-order valence-electron chi connectivity index (χ3n) is 4.52. The van der Waals surface area contributed by atoms with E-state index in [2.05, 4.69) is 0 Å². The molecule has 1 fully saturated rings. The Bertz CT molecular complexity index is 816. The molecule has 0 saturated carbocycles. The van der Waals surface area contributed by atoms with Crippen molar-refractivity contribution in [2.45, 2.75) is 51.0 Å². The number of ether oxygens (including phenoxy) is 1. The molecule has 1 amide bonds. The van der Waals surface area contributed by atoms with Gasteiger partial charge in [0.25, 0.3) is 0 Å². The van der Waals surface area contributed by atoms with Gasteiger partial charge in [0.1, 0.15) is 5.60 Å². The fraction of sp³-hybridized carbons (Fsp3) is 0.579. The van der Waals surface area contributed by atoms with Crippen molar-refractivity contribution >= 4 is 16.1 Å². The zero-order valence-corrected chi connectivity index (χ0v) is 17.1. The first kappa shape index (κ1) is 21.2. The van der Waals surface area contributed by atoms with Crippen molar-refractivity contribution in [3.8, 4) is 6.07 Å². The summed E-state index contributed by atoms with van der Waals surface area (Å²) in [6.45, 7) is 6.12. The van der Waals surface area contributed by atoms with Crippen LogP contribution in [0.1, 0.15) is 44.7 Å². The predicted octanol–water partition coefficient (Wildman–Crippen LogP) is 2.72. The van der Waals surface area contributed by atoms with Gasteiger partial charge < -0.3 is 9.64 Å². The standard InChI is InChI=1S/C19H27N3O4S/c1-19(2,3)26-18(23)21(4)17-9-11-22(12-10-17)27(24,25)14-16-8-6-5-7-15(16)13-20/h5-8,17H,9-12,14H2,1-4H3. The molecule has 0 N–H and O–H groups in total. The van der Waals surface area contributed by atoms with E-state index in [1.165, 1.54) is 4.31 Å². The Kier molecular flexibility index (Phi) is 6.50. The average molecular weight is 394 g/mol. The monoisotopic (exact) mass is 393 g/mol. The van der Waals surface area contributed by atoms with Gasteiger partial charge in [-0.15, -0.1) is 0 Å². The molecule has 27 heavy (non-hydrogen) atoms. The van der Waals surface area contributed by atoms with E-state index in [9.17, 15) is 13.2 Å². The number of piperidine rings is 1. The lowest BCUT2D eigenvalue weighted by Gasteiger charge is -2.36. The van der Waals surface area contributed by atoms with Crippen molar-refractivity contribution in [3.05, 3.63) is 35.4 Å². The summed E-state index contributed by atoms with van der Waals surface area (Å²) in [4.78, 5) is 13.7. The maximum Gasteiger partial charge on any atom is 0.410 e. The van der Waals surface area contributed by atoms with E-state index >= 15 is 0 Å². The predicted molar refractivity (Wildman–Crippen MR) is 102 cm³/mol. The maximum atomic E-state index is 12.7. The van der Waals surface area contributed by atoms with Crippen molar-refractivity contribution < 1.29 is 17.9 Å². The van der Waals surface area contributed by atoms with Gasteiger partial charge in [-0.25, -0.2) is 17.5 Å². The van der Waals surface area contributed by atoms with Crippen LogP contribution in [0.5, 0.6) is 0 Å². The van der Waals surface area contributed by atoms with Crippen LogP contribution in [0, 0.1) is 11.3 Å². The van der Waals surface area contributed by atoms with Gasteiger partial charge in [0.15, 0.2) is 0 Å². The molecule has 1 aromatic carbocycles. The van der Waals surface area contributed by atoms with Crippen molar-refractivity contribution in [2.75, 3.05) is 20.1 Å². The van der Waals surface area contributed by atoms with Crippen LogP contribution in [-0.2, 0) is 20.5 Å². The molecule has 0 aliphatic carbocycles. The Morgan fingerprint density at radius 1 is 1.30 bits per heavy atom. The molecule has 8 heteroatoms. The molecule has 0 aromatic heterocycles. The van der Waals surface area contributed by atoms with Crippen LogP contribution in [0.15, 0.2) is 24.3 Å². The molecule has 0 bridgehead atoms. The lowest BCUT2D eigenvalue weighted by molar-refractivity contribution is 0.0178. The smallest absolute Gasteiger partial charge is 0.410 e. The summed E-state index contributed by atoms with van der Waals surface area (Å²) in [6.07, 6.45) is 0.704. The number of sulfonamides is 1. The minimum atomic E-state index is -3.52. The summed E-state index contributed by atoms with van der Waals surface area (Å²) in [5.74, 6) is -0.191. The Balaban J connectivity index is 1.98. The summed E-state index contributed by atoms with van der Waals surface area (Å²) >= 11 is 0. The highest BCUT2D eigenvalue weighted by molar-refractivity contribution is 7.88. The van der Waals surface area contributed by atoms with E-state index in [-0.39, 0.29) is 11.8 Å². The summed E-state index contributed by atoms with van der Waals surface area (Å²) in [6, 6.07) is 8.70. The Labute approximate surface area is 161 Å². The molecule has 148 valence electrons. The fourth-order valence-electron chi connectivity index (χ4n) is 3.03. The Morgan fingerprint density at radius 2 is 1.89 bits per heavy atom. The Hall–Kier alpha value is -2.11. The summed E-state index contributed by atoms with van der Waals surface area (Å²) < 4.78 is 32.3. The number of carbonyl (C=O) groups excluding carboxylic acids is 1. The van der Waals surface area contributed by atoms with Crippen molar-refractivity contribution in [3.63, 3.8) is 0 Å². The van der Waals surface area contributed by atoms with E-state index in [0.717, 1.165) is 0 Å². The molecule has 1 aliphatic heterocycles. The van der Waals surface area contributed by atoms with Crippen LogP contribution in [0.4, 0.5) is 4.79 Å². The van der Waals surface area contributed by atoms with Gasteiger partial charge in [0, 0.05) is 26.2 Å². The van der Waals surface area contributed by atoms with Gasteiger partial charge in [0.05, 0.1) is 17.4 Å². The quantitative estimate of drug-likeness (QED) is 0.784. The highest BCUT2D eigenvalue weighted by Crippen LogP contribution is 2.22. The average Bonchev–Trinajstić information content (AvgIpc) is 2.60. The lowest BCUT2D eigenvalue weighted by Crippen LogP contribution is -2.48. The molecule has 7 nitrogen and oxygen atoms in total. The van der Waals surface area contributed by atoms with Crippen LogP contribution in [0.3, 0.4) is 0 Å². The van der Waals surface area contributed by atoms with Gasteiger partial charge in [-0.1, -0.05) is 18.2 Å². The van der Waals surface area contributed by atoms with E-state index < -0.39 is 21.7 Å². The van der Waals surface area contributed by atoms with Gasteiger partial charge in [-0.3, -0.25) is 0 Å². The second kappa shape index (κ2) is 8.28. The second-order valence-corrected chi connectivity index (χ2v) is 9.72. The molecule has 0 radical (unpaired) electrons. The number of hydrogen-bond acceptors (Lipinski definition) is 5. The molecular weight excluding hydrogens is 366 g/mol. The summed E-state index contributed by atoms with van der Waals surface area (Å²) in [7, 11) is -1.83. The molecule has 1 aliphatic rings. The van der Waals surface area contributed by atoms with Crippen LogP contribution in [0.25, 0.3) is 0 Å². The first-order valence-electron chi connectivity index (χ1n) is 8.95. The zero-order chi connectivity index (χ0) is 20.2. The van der Waals surface area contributed by atoms with E-state index in [1.54, 1.807) is 36.2 Å². The minimum Gasteiger partial charge on any atom is -0.444 e. The largest absolute Gasteiger partial charge is 0.444 e. The van der Waals surface area contributed by atoms with Crippen molar-refractivity contribution in [2.24, 2.45) is 0 Å². The first-order chi connectivity index (χ1) is 12.5. The molecule has 1 saturated heterocycles. The number of nitriles is 1. The van der Waals surface area contributed by atoms with Crippen molar-refractivity contribution in [1.29, 1.82) is 5.26 Å². The summed E-state index contributed by atoms with van der Waals surface area (Å²) in [5, 5.41) is 9.15. The van der Waals surface area contributed by atoms with Gasteiger partial charge in [-0.05, 0) is 45.2 Å². The Morgan fingerprint density at radius 3 is 2.44 bits per heavy atom. The minimum absolute atomic E-state index is 0.0577. The third kappa shape index (κ3) is 5.68. The molecule has 2 rings (SSSR count). The van der Waals surface area contributed by atoms with Crippen molar-refractivity contribution in [1.82, 2.24) is 9.21 Å². The number of hydrogen-bond donors (Lipinski definition) is 0. The normalized spacial score (nSPS) is 16.6. The number of rotatable bonds is 4. The van der Waals surface area contributed by atoms with E-state index in [1.807, 2.05) is 26.8 Å². The number of amides is 1. The number of carbonyl (C=O) groups is 1. The summed E-state index contributed by atoms with van der Waals surface area (Å²) in [5.41, 5.74) is 0.317.